The van der Waals surface area contributed by atoms with Crippen LogP contribution in [0.4, 0.5) is 16.0 Å². The van der Waals surface area contributed by atoms with Gasteiger partial charge in [-0.2, -0.15) is 0 Å². The summed E-state index contributed by atoms with van der Waals surface area (Å²) in [6.07, 6.45) is 6.81. The van der Waals surface area contributed by atoms with Gasteiger partial charge in [-0.25, -0.2) is 14.4 Å². The molecule has 0 bridgehead atoms. The van der Waals surface area contributed by atoms with Crippen LogP contribution >= 0.6 is 11.6 Å². The Kier molecular flexibility index (Phi) is 8.13. The van der Waals surface area contributed by atoms with Gasteiger partial charge in [-0.15, -0.1) is 0 Å². The summed E-state index contributed by atoms with van der Waals surface area (Å²) in [4.78, 5) is 10.6. The maximum absolute atomic E-state index is 13.5. The Morgan fingerprint density at radius 2 is 1.81 bits per heavy atom. The molecule has 4 rings (SSSR count). The second-order valence-electron chi connectivity index (χ2n) is 9.41. The van der Waals surface area contributed by atoms with Crippen LogP contribution in [0.2, 0.25) is 5.02 Å². The number of nitrogens with zero attached hydrogens (tertiary/aromatic N) is 3. The Bertz CT molecular complexity index is 1340. The van der Waals surface area contributed by atoms with Crippen LogP contribution in [0.15, 0.2) is 67.0 Å². The number of nitrogens with two attached hydrogens (primary N) is 1. The number of hydrogen-bond donors (Lipinski definition) is 1. The number of allylic oxidation sites excluding steroid dienone is 1. The molecular weight excluding hydrogens is 483 g/mol. The van der Waals surface area contributed by atoms with Gasteiger partial charge >= 0.3 is 0 Å². The highest BCUT2D eigenvalue weighted by molar-refractivity contribution is 6.33. The van der Waals surface area contributed by atoms with Crippen molar-refractivity contribution in [3.63, 3.8) is 0 Å². The highest BCUT2D eigenvalue weighted by Gasteiger charge is 2.29. The Morgan fingerprint density at radius 3 is 2.41 bits per heavy atom. The average molecular weight is 517 g/mol. The van der Waals surface area contributed by atoms with Gasteiger partial charge in [0.15, 0.2) is 5.82 Å². The summed E-state index contributed by atoms with van der Waals surface area (Å²) in [5.74, 6) is 0.0955. The van der Waals surface area contributed by atoms with E-state index < -0.39 is 5.82 Å². The van der Waals surface area contributed by atoms with Crippen molar-refractivity contribution in [3.05, 3.63) is 106 Å². The lowest BCUT2D eigenvalue weighted by Crippen LogP contribution is -2.34. The number of anilines is 2. The molecule has 1 unspecified atom stereocenters. The maximum atomic E-state index is 13.5. The molecule has 1 atom stereocenters. The predicted octanol–water partition coefficient (Wildman–Crippen LogP) is 7.64. The van der Waals surface area contributed by atoms with E-state index in [4.69, 9.17) is 17.3 Å². The number of benzene rings is 2. The molecule has 0 aliphatic carbocycles. The SMILES string of the molecule is C=Cc1c(/C(=C2\CN(c3ncc(F)cn3)CCC2=C)C(C)c2c(CC)cccc2CC)ccc(Cl)c1N. The molecule has 192 valence electrons. The third-order valence-corrected chi connectivity index (χ3v) is 7.65. The van der Waals surface area contributed by atoms with Gasteiger partial charge in [-0.1, -0.05) is 75.9 Å². The van der Waals surface area contributed by atoms with Crippen LogP contribution < -0.4 is 10.6 Å². The number of aryl methyl sites for hydroxylation is 2. The van der Waals surface area contributed by atoms with Gasteiger partial charge in [-0.3, -0.25) is 0 Å². The van der Waals surface area contributed by atoms with Gasteiger partial charge in [0.1, 0.15) is 0 Å². The fourth-order valence-electron chi connectivity index (χ4n) is 5.42. The number of nitrogen functional groups attached to an aromatic ring is 1. The lowest BCUT2D eigenvalue weighted by molar-refractivity contribution is 0.610. The minimum Gasteiger partial charge on any atom is -0.397 e. The maximum Gasteiger partial charge on any atom is 0.225 e. The zero-order valence-electron chi connectivity index (χ0n) is 21.8. The van der Waals surface area contributed by atoms with Gasteiger partial charge in [0, 0.05) is 24.6 Å². The van der Waals surface area contributed by atoms with Crippen molar-refractivity contribution in [1.82, 2.24) is 9.97 Å². The Morgan fingerprint density at radius 1 is 1.16 bits per heavy atom. The van der Waals surface area contributed by atoms with Crippen molar-refractivity contribution in [3.8, 4) is 0 Å². The summed E-state index contributed by atoms with van der Waals surface area (Å²) in [6, 6.07) is 10.5. The van der Waals surface area contributed by atoms with Crippen molar-refractivity contribution in [2.24, 2.45) is 0 Å². The molecule has 1 fully saturated rings. The summed E-state index contributed by atoms with van der Waals surface area (Å²) >= 11 is 6.43. The minimum atomic E-state index is -0.453. The molecule has 2 N–H and O–H groups in total. The van der Waals surface area contributed by atoms with E-state index in [1.54, 1.807) is 6.08 Å². The van der Waals surface area contributed by atoms with E-state index in [0.29, 0.717) is 29.7 Å². The van der Waals surface area contributed by atoms with Crippen molar-refractivity contribution >= 4 is 34.9 Å². The van der Waals surface area contributed by atoms with Gasteiger partial charge in [0.25, 0.3) is 0 Å². The fraction of sp³-hybridized carbons (Fsp3) is 0.290. The summed E-state index contributed by atoms with van der Waals surface area (Å²) in [6.45, 7) is 16.4. The van der Waals surface area contributed by atoms with E-state index in [1.807, 2.05) is 12.1 Å². The van der Waals surface area contributed by atoms with E-state index >= 15 is 0 Å². The number of aromatic nitrogens is 2. The molecular formula is C31H34ClFN4. The molecule has 0 spiro atoms. The largest absolute Gasteiger partial charge is 0.397 e. The number of rotatable bonds is 7. The molecule has 1 aliphatic rings. The zero-order chi connectivity index (χ0) is 26.7. The quantitative estimate of drug-likeness (QED) is 0.328. The molecule has 4 nitrogen and oxygen atoms in total. The van der Waals surface area contributed by atoms with Crippen molar-refractivity contribution in [2.45, 2.75) is 46.0 Å². The van der Waals surface area contributed by atoms with E-state index in [1.165, 1.54) is 29.1 Å². The van der Waals surface area contributed by atoms with Gasteiger partial charge in [0.2, 0.25) is 5.95 Å². The van der Waals surface area contributed by atoms with Gasteiger partial charge in [0.05, 0.1) is 23.1 Å². The first-order valence-electron chi connectivity index (χ1n) is 12.8. The minimum absolute atomic E-state index is 0.0474. The first-order valence-corrected chi connectivity index (χ1v) is 13.1. The average Bonchev–Trinajstić information content (AvgIpc) is 2.91. The van der Waals surface area contributed by atoms with E-state index in [-0.39, 0.29) is 5.92 Å². The number of halogens is 2. The third-order valence-electron chi connectivity index (χ3n) is 7.32. The summed E-state index contributed by atoms with van der Waals surface area (Å²) in [5.41, 5.74) is 16.1. The topological polar surface area (TPSA) is 55.0 Å². The van der Waals surface area contributed by atoms with E-state index in [2.05, 4.69) is 67.0 Å². The van der Waals surface area contributed by atoms with Crippen molar-refractivity contribution in [2.75, 3.05) is 23.7 Å². The molecule has 1 aliphatic heterocycles. The molecule has 6 heteroatoms. The molecule has 37 heavy (non-hydrogen) atoms. The fourth-order valence-corrected chi connectivity index (χ4v) is 5.59. The monoisotopic (exact) mass is 516 g/mol. The highest BCUT2D eigenvalue weighted by atomic mass is 35.5. The molecule has 2 aromatic carbocycles. The van der Waals surface area contributed by atoms with Gasteiger partial charge in [-0.05, 0) is 64.3 Å². The van der Waals surface area contributed by atoms with Crippen molar-refractivity contribution < 1.29 is 4.39 Å². The molecule has 3 aromatic rings. The van der Waals surface area contributed by atoms with Crippen LogP contribution in [-0.2, 0) is 12.8 Å². The van der Waals surface area contributed by atoms with Crippen molar-refractivity contribution in [1.29, 1.82) is 0 Å². The molecule has 0 saturated carbocycles. The van der Waals surface area contributed by atoms with Crippen LogP contribution in [0.3, 0.4) is 0 Å². The Balaban J connectivity index is 1.99. The standard InChI is InChI=1S/C31H34ClFN4/c1-6-21-10-9-11-22(7-2)28(21)20(5)29(25-12-13-27(32)30(34)24(25)8-3)26-18-37(15-14-19(26)4)31-35-16-23(33)17-36-31/h8-13,16-17,20H,3-4,6-7,14-15,18,34H2,1-2,5H3/b29-26+. The Hall–Kier alpha value is -3.44. The molecule has 2 heterocycles. The molecule has 1 aromatic heterocycles. The molecule has 1 saturated heterocycles. The van der Waals surface area contributed by atoms with Crippen LogP contribution in [0.25, 0.3) is 11.6 Å². The lowest BCUT2D eigenvalue weighted by atomic mass is 9.76. The van der Waals surface area contributed by atoms with E-state index in [0.717, 1.165) is 47.1 Å². The summed E-state index contributed by atoms with van der Waals surface area (Å²) in [7, 11) is 0. The number of hydrogen-bond acceptors (Lipinski definition) is 4. The zero-order valence-corrected chi connectivity index (χ0v) is 22.6. The first-order chi connectivity index (χ1) is 17.8. The predicted molar refractivity (Wildman–Crippen MR) is 154 cm³/mol. The first kappa shape index (κ1) is 26.6. The normalized spacial score (nSPS) is 16.0. The summed E-state index contributed by atoms with van der Waals surface area (Å²) < 4.78 is 13.5. The van der Waals surface area contributed by atoms with Crippen LogP contribution in [0.5, 0.6) is 0 Å². The van der Waals surface area contributed by atoms with Gasteiger partial charge < -0.3 is 10.6 Å². The molecule has 0 radical (unpaired) electrons. The summed E-state index contributed by atoms with van der Waals surface area (Å²) in [5, 5.41) is 0.502. The van der Waals surface area contributed by atoms with Crippen LogP contribution in [0.1, 0.15) is 60.9 Å². The van der Waals surface area contributed by atoms with Crippen LogP contribution in [0, 0.1) is 5.82 Å². The number of piperidine rings is 1. The smallest absolute Gasteiger partial charge is 0.225 e. The van der Waals surface area contributed by atoms with Crippen LogP contribution in [-0.4, -0.2) is 23.1 Å². The Labute approximate surface area is 224 Å². The highest BCUT2D eigenvalue weighted by Crippen LogP contribution is 2.44. The molecule has 0 amide bonds. The lowest BCUT2D eigenvalue weighted by Gasteiger charge is -2.35. The second-order valence-corrected chi connectivity index (χ2v) is 9.82. The third kappa shape index (κ3) is 5.19. The van der Waals surface area contributed by atoms with E-state index in [9.17, 15) is 4.39 Å². The second kappa shape index (κ2) is 11.3.